The molecule has 0 aromatic rings. The van der Waals surface area contributed by atoms with Crippen LogP contribution in [0.15, 0.2) is 11.6 Å². The van der Waals surface area contributed by atoms with Crippen LogP contribution in [0, 0.1) is 5.92 Å². The first-order chi connectivity index (χ1) is 6.24. The second-order valence-electron chi connectivity index (χ2n) is 3.66. The quantitative estimate of drug-likeness (QED) is 0.358. The number of esters is 1. The van der Waals surface area contributed by atoms with Crippen LogP contribution in [-0.4, -0.2) is 12.6 Å². The lowest BCUT2D eigenvalue weighted by Crippen LogP contribution is -2.07. The van der Waals surface area contributed by atoms with Crippen LogP contribution >= 0.6 is 0 Å². The fraction of sp³-hybridized carbons (Fsp3) is 0.727. The van der Waals surface area contributed by atoms with Crippen LogP contribution < -0.4 is 0 Å². The summed E-state index contributed by atoms with van der Waals surface area (Å²) in [5, 5.41) is 0. The second-order valence-corrected chi connectivity index (χ2v) is 3.66. The minimum absolute atomic E-state index is 0.0402. The van der Waals surface area contributed by atoms with Gasteiger partial charge in [0.15, 0.2) is 0 Å². The molecule has 0 N–H and O–H groups in total. The van der Waals surface area contributed by atoms with Crippen molar-refractivity contribution >= 4 is 5.97 Å². The number of hydrogen-bond acceptors (Lipinski definition) is 2. The van der Waals surface area contributed by atoms with E-state index < -0.39 is 0 Å². The highest BCUT2D eigenvalue weighted by Crippen LogP contribution is 2.27. The molecule has 0 fully saturated rings. The summed E-state index contributed by atoms with van der Waals surface area (Å²) in [5.74, 6) is 0.414. The maximum absolute atomic E-state index is 11.1. The Bertz CT molecular complexity index is 206. The van der Waals surface area contributed by atoms with Gasteiger partial charge in [-0.15, -0.1) is 0 Å². The zero-order valence-corrected chi connectivity index (χ0v) is 8.51. The first-order valence-electron chi connectivity index (χ1n) is 5.08. The van der Waals surface area contributed by atoms with Crippen LogP contribution in [-0.2, 0) is 9.53 Å². The van der Waals surface area contributed by atoms with Gasteiger partial charge in [-0.3, -0.25) is 4.79 Å². The number of rotatable bonds is 6. The van der Waals surface area contributed by atoms with Gasteiger partial charge < -0.3 is 4.74 Å². The summed E-state index contributed by atoms with van der Waals surface area (Å²) in [5.41, 5.74) is 1.35. The molecular formula is C11H18O2. The van der Waals surface area contributed by atoms with Gasteiger partial charge in [-0.2, -0.15) is 0 Å². The average Bonchev–Trinajstić information content (AvgIpc) is 2.79. The van der Waals surface area contributed by atoms with Crippen molar-refractivity contribution in [2.45, 2.75) is 39.5 Å². The van der Waals surface area contributed by atoms with E-state index in [1.807, 2.05) is 0 Å². The van der Waals surface area contributed by atoms with Crippen molar-refractivity contribution in [3.05, 3.63) is 11.6 Å². The van der Waals surface area contributed by atoms with Crippen molar-refractivity contribution in [3.63, 3.8) is 0 Å². The number of carbonyl (C=O) groups is 1. The van der Waals surface area contributed by atoms with E-state index in [1.54, 1.807) is 0 Å². The molecule has 74 valence electrons. The molecule has 0 saturated carbocycles. The van der Waals surface area contributed by atoms with Gasteiger partial charge in [-0.25, -0.2) is 0 Å². The molecule has 0 spiro atoms. The predicted molar refractivity (Wildman–Crippen MR) is 52.3 cm³/mol. The van der Waals surface area contributed by atoms with Crippen LogP contribution in [0.25, 0.3) is 0 Å². The Morgan fingerprint density at radius 1 is 1.54 bits per heavy atom. The standard InChI is InChI=1S/C11H18O2/c1-3-4-5-6-11(12)13-8-10-7-9(10)2/h7,10H,3-6,8H2,1-2H3. The largest absolute Gasteiger partial charge is 0.465 e. The van der Waals surface area contributed by atoms with E-state index in [9.17, 15) is 4.79 Å². The molecule has 0 amide bonds. The normalized spacial score (nSPS) is 19.5. The molecule has 1 atom stereocenters. The summed E-state index contributed by atoms with van der Waals surface area (Å²) in [6, 6.07) is 0. The SMILES string of the molecule is CCCCCC(=O)OCC1C=C1C. The van der Waals surface area contributed by atoms with E-state index in [-0.39, 0.29) is 5.97 Å². The average molecular weight is 182 g/mol. The molecule has 0 heterocycles. The molecule has 0 saturated heterocycles. The van der Waals surface area contributed by atoms with Gasteiger partial charge in [0.25, 0.3) is 0 Å². The lowest BCUT2D eigenvalue weighted by Gasteiger charge is -2.03. The monoisotopic (exact) mass is 182 g/mol. The zero-order valence-electron chi connectivity index (χ0n) is 8.51. The summed E-state index contributed by atoms with van der Waals surface area (Å²) in [6.45, 7) is 4.76. The molecule has 0 aliphatic heterocycles. The first-order valence-corrected chi connectivity index (χ1v) is 5.08. The van der Waals surface area contributed by atoms with E-state index in [2.05, 4.69) is 19.9 Å². The highest BCUT2D eigenvalue weighted by molar-refractivity contribution is 5.69. The summed E-state index contributed by atoms with van der Waals surface area (Å²) in [7, 11) is 0. The maximum atomic E-state index is 11.1. The molecule has 13 heavy (non-hydrogen) atoms. The molecule has 2 nitrogen and oxygen atoms in total. The minimum Gasteiger partial charge on any atom is -0.465 e. The lowest BCUT2D eigenvalue weighted by atomic mass is 10.2. The molecule has 2 heteroatoms. The smallest absolute Gasteiger partial charge is 0.305 e. The zero-order chi connectivity index (χ0) is 9.68. The van der Waals surface area contributed by atoms with Gasteiger partial charge in [0.1, 0.15) is 6.61 Å². The van der Waals surface area contributed by atoms with Crippen molar-refractivity contribution in [1.82, 2.24) is 0 Å². The van der Waals surface area contributed by atoms with Gasteiger partial charge in [0, 0.05) is 12.3 Å². The topological polar surface area (TPSA) is 26.3 Å². The Morgan fingerprint density at radius 3 is 2.77 bits per heavy atom. The van der Waals surface area contributed by atoms with E-state index in [4.69, 9.17) is 4.74 Å². The number of ether oxygens (including phenoxy) is 1. The highest BCUT2D eigenvalue weighted by Gasteiger charge is 2.21. The lowest BCUT2D eigenvalue weighted by molar-refractivity contribution is -0.144. The molecule has 1 unspecified atom stereocenters. The molecule has 0 aromatic carbocycles. The second kappa shape index (κ2) is 5.05. The van der Waals surface area contributed by atoms with E-state index in [0.717, 1.165) is 19.3 Å². The van der Waals surface area contributed by atoms with Crippen molar-refractivity contribution < 1.29 is 9.53 Å². The number of hydrogen-bond donors (Lipinski definition) is 0. The summed E-state index contributed by atoms with van der Waals surface area (Å²) < 4.78 is 5.09. The molecule has 0 aromatic heterocycles. The maximum Gasteiger partial charge on any atom is 0.305 e. The summed E-state index contributed by atoms with van der Waals surface area (Å²) >= 11 is 0. The van der Waals surface area contributed by atoms with Gasteiger partial charge in [-0.05, 0) is 13.3 Å². The summed E-state index contributed by atoms with van der Waals surface area (Å²) in [4.78, 5) is 11.1. The van der Waals surface area contributed by atoms with Gasteiger partial charge in [0.05, 0.1) is 0 Å². The molecule has 0 radical (unpaired) electrons. The van der Waals surface area contributed by atoms with Gasteiger partial charge >= 0.3 is 5.97 Å². The Morgan fingerprint density at radius 2 is 2.23 bits per heavy atom. The molecule has 1 rings (SSSR count). The van der Waals surface area contributed by atoms with Crippen LogP contribution in [0.1, 0.15) is 39.5 Å². The number of unbranched alkanes of at least 4 members (excludes halogenated alkanes) is 2. The van der Waals surface area contributed by atoms with E-state index in [1.165, 1.54) is 5.57 Å². The fourth-order valence-electron chi connectivity index (χ4n) is 1.22. The van der Waals surface area contributed by atoms with Crippen LogP contribution in [0.5, 0.6) is 0 Å². The molecule has 1 aliphatic carbocycles. The van der Waals surface area contributed by atoms with E-state index in [0.29, 0.717) is 18.9 Å². The fourth-order valence-corrected chi connectivity index (χ4v) is 1.22. The van der Waals surface area contributed by atoms with Crippen LogP contribution in [0.2, 0.25) is 0 Å². The first kappa shape index (κ1) is 10.3. The Hall–Kier alpha value is -0.790. The third kappa shape index (κ3) is 4.11. The molecular weight excluding hydrogens is 164 g/mol. The predicted octanol–water partition coefficient (Wildman–Crippen LogP) is 2.69. The minimum atomic E-state index is -0.0402. The van der Waals surface area contributed by atoms with Crippen molar-refractivity contribution in [1.29, 1.82) is 0 Å². The Kier molecular flexibility index (Phi) is 4.00. The van der Waals surface area contributed by atoms with Crippen molar-refractivity contribution in [2.24, 2.45) is 5.92 Å². The summed E-state index contributed by atoms with van der Waals surface area (Å²) in [6.07, 6.45) is 5.94. The number of carbonyl (C=O) groups excluding carboxylic acids is 1. The van der Waals surface area contributed by atoms with Crippen molar-refractivity contribution in [2.75, 3.05) is 6.61 Å². The van der Waals surface area contributed by atoms with Gasteiger partial charge in [-0.1, -0.05) is 31.4 Å². The van der Waals surface area contributed by atoms with Crippen molar-refractivity contribution in [3.8, 4) is 0 Å². The van der Waals surface area contributed by atoms with Crippen LogP contribution in [0.3, 0.4) is 0 Å². The van der Waals surface area contributed by atoms with E-state index >= 15 is 0 Å². The highest BCUT2D eigenvalue weighted by atomic mass is 16.5. The Balaban J connectivity index is 1.92. The third-order valence-corrected chi connectivity index (χ3v) is 2.35. The molecule has 0 bridgehead atoms. The van der Waals surface area contributed by atoms with Gasteiger partial charge in [0.2, 0.25) is 0 Å². The Labute approximate surface area is 80.0 Å². The van der Waals surface area contributed by atoms with Crippen LogP contribution in [0.4, 0.5) is 0 Å². The molecule has 1 aliphatic rings. The third-order valence-electron chi connectivity index (χ3n) is 2.35.